The second-order valence-corrected chi connectivity index (χ2v) is 6.79. The van der Waals surface area contributed by atoms with Gasteiger partial charge in [-0.25, -0.2) is 9.78 Å². The average molecular weight is 382 g/mol. The van der Waals surface area contributed by atoms with Crippen molar-refractivity contribution in [1.29, 1.82) is 0 Å². The minimum absolute atomic E-state index is 0.0913. The summed E-state index contributed by atoms with van der Waals surface area (Å²) in [4.78, 5) is 42.4. The Morgan fingerprint density at radius 3 is 2.55 bits per heavy atom. The van der Waals surface area contributed by atoms with Gasteiger partial charge in [0.2, 0.25) is 5.78 Å². The van der Waals surface area contributed by atoms with Crippen molar-refractivity contribution >= 4 is 39.0 Å². The van der Waals surface area contributed by atoms with Gasteiger partial charge in [-0.05, 0) is 31.2 Å². The number of benzene rings is 2. The number of fused-ring (bicyclic) bond motifs is 4. The van der Waals surface area contributed by atoms with Crippen molar-refractivity contribution in [2.24, 2.45) is 0 Å². The van der Waals surface area contributed by atoms with Gasteiger partial charge in [0.05, 0.1) is 16.7 Å². The lowest BCUT2D eigenvalue weighted by atomic mass is 10.1. The number of para-hydroxylation sites is 2. The molecule has 3 heterocycles. The smallest absolute Gasteiger partial charge is 0.347 e. The van der Waals surface area contributed by atoms with Gasteiger partial charge < -0.3 is 4.42 Å². The van der Waals surface area contributed by atoms with Crippen LogP contribution in [0, 0.1) is 0 Å². The van der Waals surface area contributed by atoms with E-state index in [-0.39, 0.29) is 17.0 Å². The van der Waals surface area contributed by atoms with Crippen molar-refractivity contribution in [3.63, 3.8) is 0 Å². The van der Waals surface area contributed by atoms with Gasteiger partial charge >= 0.3 is 5.63 Å². The maximum atomic E-state index is 13.3. The van der Waals surface area contributed by atoms with Crippen molar-refractivity contribution in [3.8, 4) is 0 Å². The summed E-state index contributed by atoms with van der Waals surface area (Å²) in [6.07, 6.45) is 1.50. The summed E-state index contributed by atoms with van der Waals surface area (Å²) in [7, 11) is 0. The molecule has 3 aromatic heterocycles. The van der Waals surface area contributed by atoms with Gasteiger partial charge in [-0.1, -0.05) is 36.4 Å². The van der Waals surface area contributed by atoms with Gasteiger partial charge in [-0.15, -0.1) is 0 Å². The third-order valence-electron chi connectivity index (χ3n) is 5.01. The van der Waals surface area contributed by atoms with Crippen LogP contribution in [0.5, 0.6) is 0 Å². The van der Waals surface area contributed by atoms with E-state index < -0.39 is 11.4 Å². The molecule has 5 rings (SSSR count). The molecule has 0 spiro atoms. The largest absolute Gasteiger partial charge is 0.422 e. The molecule has 0 saturated heterocycles. The lowest BCUT2D eigenvalue weighted by Crippen LogP contribution is -2.16. The zero-order valence-electron chi connectivity index (χ0n) is 15.4. The van der Waals surface area contributed by atoms with Crippen LogP contribution in [-0.4, -0.2) is 21.0 Å². The quantitative estimate of drug-likeness (QED) is 0.348. The number of rotatable bonds is 3. The Kier molecular flexibility index (Phi) is 3.67. The van der Waals surface area contributed by atoms with E-state index in [0.717, 1.165) is 5.39 Å². The number of nitrogens with zero attached hydrogens (tertiary/aromatic N) is 2. The summed E-state index contributed by atoms with van der Waals surface area (Å²) in [6, 6.07) is 17.4. The first-order valence-electron chi connectivity index (χ1n) is 9.02. The maximum absolute atomic E-state index is 13.3. The van der Waals surface area contributed by atoms with Crippen LogP contribution in [0.25, 0.3) is 27.4 Å². The normalized spacial score (nSPS) is 11.3. The van der Waals surface area contributed by atoms with E-state index in [1.54, 1.807) is 28.7 Å². The molecule has 0 unspecified atom stereocenters. The lowest BCUT2D eigenvalue weighted by molar-refractivity contribution is 0.101. The van der Waals surface area contributed by atoms with Crippen LogP contribution in [-0.2, 0) is 0 Å². The molecule has 0 N–H and O–H groups in total. The van der Waals surface area contributed by atoms with Gasteiger partial charge in [-0.3, -0.25) is 14.0 Å². The lowest BCUT2D eigenvalue weighted by Gasteiger charge is -2.05. The highest BCUT2D eigenvalue weighted by Gasteiger charge is 2.23. The molecule has 29 heavy (non-hydrogen) atoms. The number of Topliss-reactive ketones (excluding diaryl/α,β-unsaturated/α-hetero) is 1. The SMILES string of the molecule is CC(=O)c1cc(C(=O)c2cc3ccccc3oc2=O)n2cnc3ccccc3c12. The summed E-state index contributed by atoms with van der Waals surface area (Å²) in [5, 5.41) is 1.40. The van der Waals surface area contributed by atoms with Crippen LogP contribution >= 0.6 is 0 Å². The van der Waals surface area contributed by atoms with Gasteiger partial charge in [0, 0.05) is 16.3 Å². The second-order valence-electron chi connectivity index (χ2n) is 6.79. The highest BCUT2D eigenvalue weighted by Crippen LogP contribution is 2.26. The van der Waals surface area contributed by atoms with Crippen molar-refractivity contribution < 1.29 is 14.0 Å². The highest BCUT2D eigenvalue weighted by molar-refractivity contribution is 6.15. The van der Waals surface area contributed by atoms with E-state index in [1.165, 1.54) is 25.4 Å². The molecule has 0 aliphatic heterocycles. The molecule has 0 aliphatic carbocycles. The Morgan fingerprint density at radius 1 is 0.966 bits per heavy atom. The molecule has 0 aliphatic rings. The molecular weight excluding hydrogens is 368 g/mol. The third-order valence-corrected chi connectivity index (χ3v) is 5.01. The van der Waals surface area contributed by atoms with Crippen molar-refractivity contribution in [2.45, 2.75) is 6.92 Å². The minimum Gasteiger partial charge on any atom is -0.422 e. The zero-order valence-corrected chi connectivity index (χ0v) is 15.4. The number of carbonyl (C=O) groups is 2. The van der Waals surface area contributed by atoms with Gasteiger partial charge in [0.25, 0.3) is 0 Å². The van der Waals surface area contributed by atoms with Crippen LogP contribution in [0.4, 0.5) is 0 Å². The fourth-order valence-corrected chi connectivity index (χ4v) is 3.63. The Labute approximate surface area is 164 Å². The molecule has 0 saturated carbocycles. The zero-order chi connectivity index (χ0) is 20.1. The second kappa shape index (κ2) is 6.24. The molecule has 6 heteroatoms. The highest BCUT2D eigenvalue weighted by atomic mass is 16.4. The van der Waals surface area contributed by atoms with Crippen LogP contribution in [0.2, 0.25) is 0 Å². The molecule has 0 atom stereocenters. The topological polar surface area (TPSA) is 81.6 Å². The minimum atomic E-state index is -0.721. The molecule has 5 aromatic rings. The van der Waals surface area contributed by atoms with E-state index in [2.05, 4.69) is 4.98 Å². The van der Waals surface area contributed by atoms with E-state index in [4.69, 9.17) is 4.42 Å². The summed E-state index contributed by atoms with van der Waals surface area (Å²) in [5.41, 5.74) is 1.49. The van der Waals surface area contributed by atoms with E-state index in [1.807, 2.05) is 24.3 Å². The summed E-state index contributed by atoms with van der Waals surface area (Å²) in [5.74, 6) is -0.701. The first-order valence-corrected chi connectivity index (χ1v) is 9.02. The van der Waals surface area contributed by atoms with E-state index >= 15 is 0 Å². The van der Waals surface area contributed by atoms with Crippen molar-refractivity contribution in [2.75, 3.05) is 0 Å². The number of ketones is 2. The number of aromatic nitrogens is 2. The number of hydrogen-bond acceptors (Lipinski definition) is 5. The molecule has 0 radical (unpaired) electrons. The standard InChI is InChI=1S/C23H14N2O4/c1-13(26)16-11-19(25-12-24-18-8-4-3-7-15(18)21(16)25)22(27)17-10-14-6-2-5-9-20(14)29-23(17)28/h2-12H,1H3. The summed E-state index contributed by atoms with van der Waals surface area (Å²) in [6.45, 7) is 1.45. The van der Waals surface area contributed by atoms with Crippen LogP contribution < -0.4 is 5.63 Å². The Morgan fingerprint density at radius 2 is 1.72 bits per heavy atom. The first kappa shape index (κ1) is 17.1. The third kappa shape index (κ3) is 2.57. The van der Waals surface area contributed by atoms with Gasteiger partial charge in [0.15, 0.2) is 5.78 Å². The maximum Gasteiger partial charge on any atom is 0.347 e. The summed E-state index contributed by atoms with van der Waals surface area (Å²) >= 11 is 0. The molecule has 2 aromatic carbocycles. The fraction of sp³-hybridized carbons (Fsp3) is 0.0435. The van der Waals surface area contributed by atoms with Crippen molar-refractivity contribution in [1.82, 2.24) is 9.38 Å². The molecule has 140 valence electrons. The van der Waals surface area contributed by atoms with Crippen molar-refractivity contribution in [3.05, 3.63) is 94.2 Å². The summed E-state index contributed by atoms with van der Waals surface area (Å²) < 4.78 is 6.87. The monoisotopic (exact) mass is 382 g/mol. The van der Waals surface area contributed by atoms with Gasteiger partial charge in [0.1, 0.15) is 17.5 Å². The van der Waals surface area contributed by atoms with Crippen LogP contribution in [0.3, 0.4) is 0 Å². The number of carbonyl (C=O) groups excluding carboxylic acids is 2. The van der Waals surface area contributed by atoms with Crippen LogP contribution in [0.1, 0.15) is 33.3 Å². The average Bonchev–Trinajstić information content (AvgIpc) is 3.13. The fourth-order valence-electron chi connectivity index (χ4n) is 3.63. The Bertz CT molecular complexity index is 1530. The first-order chi connectivity index (χ1) is 14.0. The van der Waals surface area contributed by atoms with E-state index in [9.17, 15) is 14.4 Å². The Hall–Kier alpha value is -4.06. The number of hydrogen-bond donors (Lipinski definition) is 0. The molecule has 0 bridgehead atoms. The predicted octanol–water partition coefficient (Wildman–Crippen LogP) is 4.03. The molecule has 0 amide bonds. The molecule has 6 nitrogen and oxygen atoms in total. The molecular formula is C23H14N2O4. The van der Waals surface area contributed by atoms with Crippen LogP contribution in [0.15, 0.2) is 76.2 Å². The van der Waals surface area contributed by atoms with E-state index in [0.29, 0.717) is 27.6 Å². The van der Waals surface area contributed by atoms with Gasteiger partial charge in [-0.2, -0.15) is 0 Å². The predicted molar refractivity (Wildman–Crippen MR) is 109 cm³/mol. The Balaban J connectivity index is 1.80. The molecule has 0 fully saturated rings.